The molecule has 0 spiro atoms. The molecule has 5 rings (SSSR count). The summed E-state index contributed by atoms with van der Waals surface area (Å²) in [6.45, 7) is 2.92. The quantitative estimate of drug-likeness (QED) is 0.332. The van der Waals surface area contributed by atoms with Gasteiger partial charge in [0.15, 0.2) is 9.84 Å². The summed E-state index contributed by atoms with van der Waals surface area (Å²) in [5, 5.41) is 4.61. The van der Waals surface area contributed by atoms with Crippen LogP contribution in [0.25, 0.3) is 5.69 Å². The average molecular weight is 514 g/mol. The number of benzene rings is 3. The van der Waals surface area contributed by atoms with E-state index in [2.05, 4.69) is 23.3 Å². The van der Waals surface area contributed by atoms with Crippen molar-refractivity contribution in [1.29, 1.82) is 0 Å². The number of likely N-dealkylation sites (tertiary alicyclic amines) is 1. The zero-order chi connectivity index (χ0) is 25.8. The Morgan fingerprint density at radius 2 is 1.51 bits per heavy atom. The third kappa shape index (κ3) is 5.37. The molecule has 1 fully saturated rings. The monoisotopic (exact) mass is 513 g/mol. The third-order valence-electron chi connectivity index (χ3n) is 7.24. The molecule has 1 aliphatic rings. The summed E-state index contributed by atoms with van der Waals surface area (Å²) in [6, 6.07) is 29.5. The minimum Gasteiger partial charge on any atom is -0.341 e. The summed E-state index contributed by atoms with van der Waals surface area (Å²) in [7, 11) is -3.23. The van der Waals surface area contributed by atoms with Gasteiger partial charge >= 0.3 is 0 Å². The summed E-state index contributed by atoms with van der Waals surface area (Å²) in [5.41, 5.74) is 4.29. The zero-order valence-corrected chi connectivity index (χ0v) is 21.7. The number of aryl methyl sites for hydroxylation is 1. The Labute approximate surface area is 218 Å². The van der Waals surface area contributed by atoms with Gasteiger partial charge in [-0.3, -0.25) is 4.79 Å². The molecule has 0 N–H and O–H groups in total. The predicted molar refractivity (Wildman–Crippen MR) is 145 cm³/mol. The van der Waals surface area contributed by atoms with E-state index in [-0.39, 0.29) is 23.5 Å². The summed E-state index contributed by atoms with van der Waals surface area (Å²) in [6.07, 6.45) is 2.79. The van der Waals surface area contributed by atoms with Crippen molar-refractivity contribution in [3.05, 3.63) is 114 Å². The number of hydrogen-bond acceptors (Lipinski definition) is 4. The fourth-order valence-electron chi connectivity index (χ4n) is 5.16. The van der Waals surface area contributed by atoms with Crippen molar-refractivity contribution >= 4 is 15.7 Å². The smallest absolute Gasteiger partial charge is 0.222 e. The van der Waals surface area contributed by atoms with Crippen molar-refractivity contribution in [2.45, 2.75) is 36.5 Å². The summed E-state index contributed by atoms with van der Waals surface area (Å²) in [5.74, 6) is 0.474. The minimum absolute atomic E-state index is 0.0761. The standard InChI is InChI=1S/C30H31N3O3S/c1-2-37(35,36)26-16-13-23(14-17-26)15-18-30(34)32-21-27(24-9-5-3-6-10-24)28(22-32)29-19-20-31-33(29)25-11-7-4-8-12-25/h3-14,16-17,19-20,27-28H,2,15,18,21-22H2,1H3. The molecule has 4 aromatic rings. The molecule has 1 aromatic heterocycles. The Morgan fingerprint density at radius 1 is 0.865 bits per heavy atom. The van der Waals surface area contributed by atoms with Crippen LogP contribution >= 0.6 is 0 Å². The van der Waals surface area contributed by atoms with Crippen LogP contribution < -0.4 is 0 Å². The summed E-state index contributed by atoms with van der Waals surface area (Å²) in [4.78, 5) is 15.6. The van der Waals surface area contributed by atoms with Crippen molar-refractivity contribution < 1.29 is 13.2 Å². The normalized spacial score (nSPS) is 17.7. The first-order chi connectivity index (χ1) is 18.0. The maximum atomic E-state index is 13.3. The van der Waals surface area contributed by atoms with Crippen LogP contribution in [0, 0.1) is 0 Å². The Hall–Kier alpha value is -3.71. The molecule has 0 radical (unpaired) electrons. The molecule has 0 aliphatic carbocycles. The first kappa shape index (κ1) is 25.0. The summed E-state index contributed by atoms with van der Waals surface area (Å²) >= 11 is 0. The molecule has 190 valence electrons. The van der Waals surface area contributed by atoms with Crippen LogP contribution in [0.15, 0.2) is 102 Å². The van der Waals surface area contributed by atoms with Crippen LogP contribution in [0.1, 0.15) is 42.0 Å². The second-order valence-electron chi connectivity index (χ2n) is 9.47. The molecule has 1 aliphatic heterocycles. The van der Waals surface area contributed by atoms with Crippen molar-refractivity contribution in [2.24, 2.45) is 0 Å². The predicted octanol–water partition coefficient (Wildman–Crippen LogP) is 5.01. The van der Waals surface area contributed by atoms with Crippen LogP contribution in [0.4, 0.5) is 0 Å². The molecule has 0 bridgehead atoms. The second-order valence-corrected chi connectivity index (χ2v) is 11.8. The highest BCUT2D eigenvalue weighted by Crippen LogP contribution is 2.40. The van der Waals surface area contributed by atoms with Gasteiger partial charge in [-0.2, -0.15) is 5.10 Å². The number of hydrogen-bond donors (Lipinski definition) is 0. The lowest BCUT2D eigenvalue weighted by Gasteiger charge is -2.20. The van der Waals surface area contributed by atoms with Gasteiger partial charge in [-0.05, 0) is 47.9 Å². The van der Waals surface area contributed by atoms with Crippen LogP contribution in [0.2, 0.25) is 0 Å². The van der Waals surface area contributed by atoms with Crippen LogP contribution in [-0.2, 0) is 21.1 Å². The molecule has 2 atom stereocenters. The largest absolute Gasteiger partial charge is 0.341 e. The molecule has 1 amide bonds. The molecule has 7 heteroatoms. The van der Waals surface area contributed by atoms with Crippen LogP contribution in [0.5, 0.6) is 0 Å². The van der Waals surface area contributed by atoms with E-state index in [1.54, 1.807) is 19.1 Å². The van der Waals surface area contributed by atoms with E-state index in [0.29, 0.717) is 30.8 Å². The number of aromatic nitrogens is 2. The maximum Gasteiger partial charge on any atom is 0.222 e. The van der Waals surface area contributed by atoms with Gasteiger partial charge in [-0.25, -0.2) is 13.1 Å². The van der Waals surface area contributed by atoms with Crippen molar-refractivity contribution in [1.82, 2.24) is 14.7 Å². The maximum absolute atomic E-state index is 13.3. The Balaban J connectivity index is 1.34. The molecular formula is C30H31N3O3S. The number of nitrogens with zero attached hydrogens (tertiary/aromatic N) is 3. The van der Waals surface area contributed by atoms with E-state index in [4.69, 9.17) is 0 Å². The first-order valence-electron chi connectivity index (χ1n) is 12.7. The molecule has 2 unspecified atom stereocenters. The highest BCUT2D eigenvalue weighted by atomic mass is 32.2. The number of amides is 1. The Kier molecular flexibility index (Phi) is 7.24. The van der Waals surface area contributed by atoms with E-state index in [1.807, 2.05) is 76.4 Å². The molecule has 6 nitrogen and oxygen atoms in total. The van der Waals surface area contributed by atoms with Crippen molar-refractivity contribution in [2.75, 3.05) is 18.8 Å². The number of rotatable bonds is 8. The van der Waals surface area contributed by atoms with E-state index in [9.17, 15) is 13.2 Å². The van der Waals surface area contributed by atoms with Crippen molar-refractivity contribution in [3.63, 3.8) is 0 Å². The molecule has 3 aromatic carbocycles. The second kappa shape index (κ2) is 10.7. The van der Waals surface area contributed by atoms with Gasteiger partial charge in [0.2, 0.25) is 5.91 Å². The average Bonchev–Trinajstić information content (AvgIpc) is 3.61. The molecule has 0 saturated carbocycles. The zero-order valence-electron chi connectivity index (χ0n) is 20.9. The molecule has 37 heavy (non-hydrogen) atoms. The molecular weight excluding hydrogens is 482 g/mol. The fourth-order valence-corrected chi connectivity index (χ4v) is 6.05. The van der Waals surface area contributed by atoms with Crippen molar-refractivity contribution in [3.8, 4) is 5.69 Å². The van der Waals surface area contributed by atoms with Gasteiger partial charge in [-0.1, -0.05) is 67.6 Å². The van der Waals surface area contributed by atoms with E-state index >= 15 is 0 Å². The van der Waals surface area contributed by atoms with Gasteiger partial charge in [0.25, 0.3) is 0 Å². The number of sulfone groups is 1. The van der Waals surface area contributed by atoms with E-state index in [0.717, 1.165) is 16.9 Å². The fraction of sp³-hybridized carbons (Fsp3) is 0.267. The Bertz CT molecular complexity index is 1450. The molecule has 1 saturated heterocycles. The van der Waals surface area contributed by atoms with Gasteiger partial charge in [0, 0.05) is 43.2 Å². The number of carbonyl (C=O) groups is 1. The van der Waals surface area contributed by atoms with Gasteiger partial charge in [0.05, 0.1) is 16.3 Å². The van der Waals surface area contributed by atoms with E-state index < -0.39 is 9.84 Å². The molecule has 2 heterocycles. The number of carbonyl (C=O) groups excluding carboxylic acids is 1. The lowest BCUT2D eigenvalue weighted by Crippen LogP contribution is -2.29. The van der Waals surface area contributed by atoms with Crippen LogP contribution in [-0.4, -0.2) is 47.8 Å². The van der Waals surface area contributed by atoms with Crippen LogP contribution in [0.3, 0.4) is 0 Å². The number of para-hydroxylation sites is 1. The third-order valence-corrected chi connectivity index (χ3v) is 8.99. The SMILES string of the molecule is CCS(=O)(=O)c1ccc(CCC(=O)N2CC(c3ccccc3)C(c3ccnn3-c3ccccc3)C2)cc1. The lowest BCUT2D eigenvalue weighted by molar-refractivity contribution is -0.130. The highest BCUT2D eigenvalue weighted by Gasteiger charge is 2.38. The lowest BCUT2D eigenvalue weighted by atomic mass is 9.86. The minimum atomic E-state index is -3.23. The highest BCUT2D eigenvalue weighted by molar-refractivity contribution is 7.91. The van der Waals surface area contributed by atoms with Gasteiger partial charge in [-0.15, -0.1) is 0 Å². The van der Waals surface area contributed by atoms with Gasteiger partial charge in [0.1, 0.15) is 0 Å². The summed E-state index contributed by atoms with van der Waals surface area (Å²) < 4.78 is 26.1. The Morgan fingerprint density at radius 3 is 2.19 bits per heavy atom. The van der Waals surface area contributed by atoms with E-state index in [1.165, 1.54) is 5.56 Å². The van der Waals surface area contributed by atoms with Gasteiger partial charge < -0.3 is 4.90 Å². The topological polar surface area (TPSA) is 72.3 Å². The first-order valence-corrected chi connectivity index (χ1v) is 14.4.